The maximum atomic E-state index is 5.49. The molecule has 1 aliphatic rings. The van der Waals surface area contributed by atoms with Gasteiger partial charge in [0.05, 0.1) is 6.10 Å². The molecule has 1 saturated heterocycles. The minimum atomic E-state index is 0.407. The molecule has 1 aromatic heterocycles. The monoisotopic (exact) mass is 294 g/mol. The fourth-order valence-electron chi connectivity index (χ4n) is 1.49. The predicted octanol–water partition coefficient (Wildman–Crippen LogP) is 1.79. The summed E-state index contributed by atoms with van der Waals surface area (Å²) in [5.41, 5.74) is 0. The number of hydrogen-bond donors (Lipinski definition) is 0. The third kappa shape index (κ3) is 2.63. The lowest BCUT2D eigenvalue weighted by Crippen LogP contribution is -2.06. The third-order valence-electron chi connectivity index (χ3n) is 2.15. The highest BCUT2D eigenvalue weighted by molar-refractivity contribution is 14.1. The Labute approximate surface area is 90.2 Å². The average molecular weight is 294 g/mol. The SMILES string of the molecule is Ic1nnc(CCC2CCCO2)o1. The highest BCUT2D eigenvalue weighted by Gasteiger charge is 2.16. The van der Waals surface area contributed by atoms with E-state index >= 15 is 0 Å². The summed E-state index contributed by atoms with van der Waals surface area (Å²) in [5.74, 6) is 0.722. The van der Waals surface area contributed by atoms with E-state index in [1.54, 1.807) is 0 Å². The number of rotatable bonds is 3. The molecule has 1 aromatic rings. The first-order chi connectivity index (χ1) is 6.34. The van der Waals surface area contributed by atoms with E-state index in [9.17, 15) is 0 Å². The molecule has 0 saturated carbocycles. The zero-order valence-electron chi connectivity index (χ0n) is 7.20. The van der Waals surface area contributed by atoms with Crippen molar-refractivity contribution in [2.24, 2.45) is 0 Å². The van der Waals surface area contributed by atoms with Gasteiger partial charge in [0.2, 0.25) is 5.89 Å². The van der Waals surface area contributed by atoms with Gasteiger partial charge in [-0.3, -0.25) is 0 Å². The fraction of sp³-hybridized carbons (Fsp3) is 0.750. The highest BCUT2D eigenvalue weighted by Crippen LogP contribution is 2.17. The largest absolute Gasteiger partial charge is 0.416 e. The van der Waals surface area contributed by atoms with Crippen LogP contribution >= 0.6 is 22.6 Å². The smallest absolute Gasteiger partial charge is 0.278 e. The molecule has 0 radical (unpaired) electrons. The van der Waals surface area contributed by atoms with Crippen molar-refractivity contribution in [2.75, 3.05) is 6.61 Å². The minimum absolute atomic E-state index is 0.407. The number of hydrogen-bond acceptors (Lipinski definition) is 4. The molecular weight excluding hydrogens is 283 g/mol. The Bertz CT molecular complexity index is 271. The molecule has 0 N–H and O–H groups in total. The number of aromatic nitrogens is 2. The minimum Gasteiger partial charge on any atom is -0.416 e. The first kappa shape index (κ1) is 9.39. The standard InChI is InChI=1S/C8H11IN2O2/c9-8-11-10-7(13-8)4-3-6-2-1-5-12-6/h6H,1-5H2. The molecule has 0 aliphatic carbocycles. The van der Waals surface area contributed by atoms with Crippen molar-refractivity contribution in [1.29, 1.82) is 0 Å². The molecule has 1 atom stereocenters. The molecule has 0 amide bonds. The second-order valence-corrected chi connectivity index (χ2v) is 4.05. The Hall–Kier alpha value is -0.170. The number of ether oxygens (including phenoxy) is 1. The van der Waals surface area contributed by atoms with Crippen molar-refractivity contribution in [1.82, 2.24) is 10.2 Å². The molecule has 2 heterocycles. The lowest BCUT2D eigenvalue weighted by molar-refractivity contribution is 0.103. The van der Waals surface area contributed by atoms with Crippen LogP contribution in [0.5, 0.6) is 0 Å². The van der Waals surface area contributed by atoms with Crippen molar-refractivity contribution < 1.29 is 9.15 Å². The zero-order valence-corrected chi connectivity index (χ0v) is 9.36. The van der Waals surface area contributed by atoms with Gasteiger partial charge in [0.1, 0.15) is 0 Å². The van der Waals surface area contributed by atoms with Gasteiger partial charge in [0.15, 0.2) is 0 Å². The molecule has 0 aromatic carbocycles. The second-order valence-electron chi connectivity index (χ2n) is 3.12. The van der Waals surface area contributed by atoms with E-state index in [-0.39, 0.29) is 0 Å². The second kappa shape index (κ2) is 4.36. The van der Waals surface area contributed by atoms with Gasteiger partial charge >= 0.3 is 0 Å². The Morgan fingerprint density at radius 2 is 2.38 bits per heavy atom. The average Bonchev–Trinajstić information content (AvgIpc) is 2.71. The van der Waals surface area contributed by atoms with Crippen LogP contribution in [0.4, 0.5) is 0 Å². The molecule has 2 rings (SSSR count). The third-order valence-corrected chi connectivity index (χ3v) is 2.58. The molecule has 0 spiro atoms. The van der Waals surface area contributed by atoms with E-state index in [0.29, 0.717) is 10.0 Å². The maximum Gasteiger partial charge on any atom is 0.278 e. The summed E-state index contributed by atoms with van der Waals surface area (Å²) in [6.07, 6.45) is 4.60. The zero-order chi connectivity index (χ0) is 9.10. The summed E-state index contributed by atoms with van der Waals surface area (Å²) >= 11 is 2.02. The van der Waals surface area contributed by atoms with E-state index in [4.69, 9.17) is 9.15 Å². The maximum absolute atomic E-state index is 5.49. The van der Waals surface area contributed by atoms with E-state index in [1.807, 2.05) is 22.6 Å². The van der Waals surface area contributed by atoms with Crippen LogP contribution in [-0.2, 0) is 11.2 Å². The van der Waals surface area contributed by atoms with Gasteiger partial charge in [0, 0.05) is 35.6 Å². The van der Waals surface area contributed by atoms with Gasteiger partial charge < -0.3 is 9.15 Å². The van der Waals surface area contributed by atoms with E-state index in [2.05, 4.69) is 10.2 Å². The van der Waals surface area contributed by atoms with Gasteiger partial charge in [-0.15, -0.1) is 10.2 Å². The molecule has 5 heteroatoms. The predicted molar refractivity (Wildman–Crippen MR) is 54.3 cm³/mol. The quantitative estimate of drug-likeness (QED) is 0.797. The molecule has 13 heavy (non-hydrogen) atoms. The van der Waals surface area contributed by atoms with E-state index < -0.39 is 0 Å². The molecule has 72 valence electrons. The van der Waals surface area contributed by atoms with Crippen molar-refractivity contribution in [3.63, 3.8) is 0 Å². The Morgan fingerprint density at radius 1 is 1.46 bits per heavy atom. The lowest BCUT2D eigenvalue weighted by Gasteiger charge is -2.05. The van der Waals surface area contributed by atoms with Crippen LogP contribution in [0.2, 0.25) is 0 Å². The molecule has 1 aliphatic heterocycles. The van der Waals surface area contributed by atoms with Gasteiger partial charge in [-0.1, -0.05) is 0 Å². The van der Waals surface area contributed by atoms with Gasteiger partial charge in [-0.2, -0.15) is 0 Å². The molecular formula is C8H11IN2O2. The first-order valence-corrected chi connectivity index (χ1v) is 5.52. The van der Waals surface area contributed by atoms with Gasteiger partial charge in [-0.25, -0.2) is 0 Å². The molecule has 0 bridgehead atoms. The Kier molecular flexibility index (Phi) is 3.15. The van der Waals surface area contributed by atoms with Crippen LogP contribution in [0.3, 0.4) is 0 Å². The summed E-state index contributed by atoms with van der Waals surface area (Å²) in [4.78, 5) is 0. The number of nitrogens with zero attached hydrogens (tertiary/aromatic N) is 2. The van der Waals surface area contributed by atoms with E-state index in [0.717, 1.165) is 25.3 Å². The number of halogens is 1. The van der Waals surface area contributed by atoms with Gasteiger partial charge in [-0.05, 0) is 19.3 Å². The summed E-state index contributed by atoms with van der Waals surface area (Å²) in [6.45, 7) is 0.909. The summed E-state index contributed by atoms with van der Waals surface area (Å²) < 4.78 is 11.4. The van der Waals surface area contributed by atoms with Crippen LogP contribution in [0.1, 0.15) is 25.2 Å². The summed E-state index contributed by atoms with van der Waals surface area (Å²) in [5, 5.41) is 7.69. The van der Waals surface area contributed by atoms with Crippen molar-refractivity contribution >= 4 is 22.6 Å². The Morgan fingerprint density at radius 3 is 3.00 bits per heavy atom. The van der Waals surface area contributed by atoms with Crippen molar-refractivity contribution in [3.8, 4) is 0 Å². The van der Waals surface area contributed by atoms with Gasteiger partial charge in [0.25, 0.3) is 3.90 Å². The van der Waals surface area contributed by atoms with E-state index in [1.165, 1.54) is 12.8 Å². The van der Waals surface area contributed by atoms with Crippen LogP contribution in [-0.4, -0.2) is 22.9 Å². The number of aryl methyl sites for hydroxylation is 1. The van der Waals surface area contributed by atoms with Crippen molar-refractivity contribution in [3.05, 3.63) is 9.79 Å². The van der Waals surface area contributed by atoms with Crippen LogP contribution in [0.15, 0.2) is 4.42 Å². The summed E-state index contributed by atoms with van der Waals surface area (Å²) in [6, 6.07) is 0. The van der Waals surface area contributed by atoms with Crippen LogP contribution in [0.25, 0.3) is 0 Å². The molecule has 1 unspecified atom stereocenters. The Balaban J connectivity index is 1.78. The normalized spacial score (nSPS) is 22.4. The highest BCUT2D eigenvalue weighted by atomic mass is 127. The van der Waals surface area contributed by atoms with Crippen LogP contribution in [0, 0.1) is 3.90 Å². The lowest BCUT2D eigenvalue weighted by atomic mass is 10.1. The van der Waals surface area contributed by atoms with Crippen LogP contribution < -0.4 is 0 Å². The van der Waals surface area contributed by atoms with Crippen molar-refractivity contribution in [2.45, 2.75) is 31.8 Å². The molecule has 1 fully saturated rings. The molecule has 4 nitrogen and oxygen atoms in total. The topological polar surface area (TPSA) is 48.2 Å². The summed E-state index contributed by atoms with van der Waals surface area (Å²) in [7, 11) is 0. The fourth-order valence-corrected chi connectivity index (χ4v) is 1.85. The first-order valence-electron chi connectivity index (χ1n) is 4.44.